The number of hydrogen-bond acceptors (Lipinski definition) is 4. The number of carbonyl (C=O) groups excluding carboxylic acids is 1. The van der Waals surface area contributed by atoms with Gasteiger partial charge in [0.2, 0.25) is 5.91 Å². The van der Waals surface area contributed by atoms with Gasteiger partial charge >= 0.3 is 0 Å². The quantitative estimate of drug-likeness (QED) is 0.756. The summed E-state index contributed by atoms with van der Waals surface area (Å²) in [7, 11) is 0. The van der Waals surface area contributed by atoms with Crippen molar-refractivity contribution in [2.45, 2.75) is 12.8 Å². The Bertz CT molecular complexity index is 862. The van der Waals surface area contributed by atoms with Crippen LogP contribution >= 0.6 is 0 Å². The molecule has 1 amide bonds. The smallest absolute Gasteiger partial charge is 0.217 e. The van der Waals surface area contributed by atoms with Gasteiger partial charge in [0.25, 0.3) is 0 Å². The Morgan fingerprint density at radius 2 is 1.88 bits per heavy atom. The molecule has 2 aromatic heterocycles. The van der Waals surface area contributed by atoms with Gasteiger partial charge in [-0.05, 0) is 52.4 Å². The van der Waals surface area contributed by atoms with Crippen LogP contribution in [0, 0.1) is 0 Å². The van der Waals surface area contributed by atoms with Crippen LogP contribution in [0.2, 0.25) is 0 Å². The van der Waals surface area contributed by atoms with Crippen LogP contribution in [0.25, 0.3) is 22.3 Å². The van der Waals surface area contributed by atoms with E-state index in [-0.39, 0.29) is 5.91 Å². The van der Waals surface area contributed by atoms with E-state index in [1.54, 1.807) is 12.4 Å². The van der Waals surface area contributed by atoms with Crippen LogP contribution in [0.5, 0.6) is 0 Å². The maximum atomic E-state index is 11.2. The number of carbonyl (C=O) groups is 1. The van der Waals surface area contributed by atoms with E-state index in [1.807, 2.05) is 42.6 Å². The van der Waals surface area contributed by atoms with Crippen molar-refractivity contribution in [1.82, 2.24) is 9.97 Å². The van der Waals surface area contributed by atoms with Crippen LogP contribution in [-0.2, 0) is 11.2 Å². The summed E-state index contributed by atoms with van der Waals surface area (Å²) in [6.45, 7) is 0. The molecule has 0 spiro atoms. The summed E-state index contributed by atoms with van der Waals surface area (Å²) in [5, 5.41) is 0. The SMILES string of the molecule is NC(=O)CCc1cc(-c2cccnc2)ccc1-c1ccnc(N)c1. The van der Waals surface area contributed by atoms with Crippen molar-refractivity contribution in [1.29, 1.82) is 0 Å². The fraction of sp³-hybridized carbons (Fsp3) is 0.105. The second-order valence-corrected chi connectivity index (χ2v) is 5.55. The van der Waals surface area contributed by atoms with Gasteiger partial charge in [0.15, 0.2) is 0 Å². The van der Waals surface area contributed by atoms with E-state index in [0.29, 0.717) is 18.7 Å². The third-order valence-corrected chi connectivity index (χ3v) is 3.83. The second kappa shape index (κ2) is 6.91. The lowest BCUT2D eigenvalue weighted by Gasteiger charge is -2.12. The summed E-state index contributed by atoms with van der Waals surface area (Å²) in [6.07, 6.45) is 6.10. The molecule has 0 aliphatic carbocycles. The van der Waals surface area contributed by atoms with E-state index in [9.17, 15) is 4.79 Å². The second-order valence-electron chi connectivity index (χ2n) is 5.55. The summed E-state index contributed by atoms with van der Waals surface area (Å²) in [6, 6.07) is 13.8. The fourth-order valence-electron chi connectivity index (χ4n) is 2.67. The highest BCUT2D eigenvalue weighted by atomic mass is 16.1. The monoisotopic (exact) mass is 318 g/mol. The molecule has 0 unspecified atom stereocenters. The highest BCUT2D eigenvalue weighted by Gasteiger charge is 2.10. The molecule has 2 heterocycles. The van der Waals surface area contributed by atoms with Gasteiger partial charge in [0.05, 0.1) is 0 Å². The van der Waals surface area contributed by atoms with Crippen molar-refractivity contribution < 1.29 is 4.79 Å². The molecule has 0 radical (unpaired) electrons. The molecule has 3 aromatic rings. The van der Waals surface area contributed by atoms with Crippen LogP contribution in [-0.4, -0.2) is 15.9 Å². The number of nitrogens with zero attached hydrogens (tertiary/aromatic N) is 2. The Morgan fingerprint density at radius 3 is 2.58 bits per heavy atom. The highest BCUT2D eigenvalue weighted by Crippen LogP contribution is 2.30. The molecule has 5 nitrogen and oxygen atoms in total. The molecule has 0 aliphatic rings. The van der Waals surface area contributed by atoms with E-state index in [0.717, 1.165) is 27.8 Å². The number of aromatic nitrogens is 2. The number of rotatable bonds is 5. The van der Waals surface area contributed by atoms with Crippen LogP contribution in [0.15, 0.2) is 61.1 Å². The summed E-state index contributed by atoms with van der Waals surface area (Å²) in [5.74, 6) is 0.145. The average Bonchev–Trinajstić information content (AvgIpc) is 2.60. The Labute approximate surface area is 140 Å². The molecule has 0 saturated heterocycles. The molecule has 1 aromatic carbocycles. The van der Waals surface area contributed by atoms with Crippen molar-refractivity contribution >= 4 is 11.7 Å². The van der Waals surface area contributed by atoms with E-state index in [4.69, 9.17) is 11.5 Å². The zero-order valence-corrected chi connectivity index (χ0v) is 13.1. The summed E-state index contributed by atoms with van der Waals surface area (Å²) in [4.78, 5) is 19.4. The highest BCUT2D eigenvalue weighted by molar-refractivity contribution is 5.77. The zero-order chi connectivity index (χ0) is 16.9. The minimum atomic E-state index is -0.318. The number of nitrogen functional groups attached to an aromatic ring is 1. The molecule has 4 N–H and O–H groups in total. The number of primary amides is 1. The van der Waals surface area contributed by atoms with Crippen molar-refractivity contribution in [3.8, 4) is 22.3 Å². The number of nitrogens with two attached hydrogens (primary N) is 2. The number of amides is 1. The Kier molecular flexibility index (Phi) is 4.52. The van der Waals surface area contributed by atoms with Gasteiger partial charge < -0.3 is 11.5 Å². The third-order valence-electron chi connectivity index (χ3n) is 3.83. The van der Waals surface area contributed by atoms with Gasteiger partial charge in [-0.3, -0.25) is 9.78 Å². The molecular formula is C19H18N4O. The third kappa shape index (κ3) is 3.57. The molecule has 120 valence electrons. The van der Waals surface area contributed by atoms with Gasteiger partial charge in [-0.15, -0.1) is 0 Å². The first-order valence-electron chi connectivity index (χ1n) is 7.67. The van der Waals surface area contributed by atoms with Gasteiger partial charge in [-0.2, -0.15) is 0 Å². The molecule has 0 saturated carbocycles. The lowest BCUT2D eigenvalue weighted by molar-refractivity contribution is -0.117. The molecule has 5 heteroatoms. The number of aryl methyl sites for hydroxylation is 1. The lowest BCUT2D eigenvalue weighted by Crippen LogP contribution is -2.11. The summed E-state index contributed by atoms with van der Waals surface area (Å²) >= 11 is 0. The fourth-order valence-corrected chi connectivity index (χ4v) is 2.67. The van der Waals surface area contributed by atoms with Gasteiger partial charge in [0, 0.05) is 25.0 Å². The topological polar surface area (TPSA) is 94.9 Å². The molecule has 0 fully saturated rings. The Morgan fingerprint density at radius 1 is 1.00 bits per heavy atom. The van der Waals surface area contributed by atoms with Crippen molar-refractivity contribution in [2.24, 2.45) is 5.73 Å². The summed E-state index contributed by atoms with van der Waals surface area (Å²) < 4.78 is 0. The Balaban J connectivity index is 2.06. The molecule has 0 aliphatic heterocycles. The first-order chi connectivity index (χ1) is 11.6. The number of benzene rings is 1. The number of hydrogen-bond donors (Lipinski definition) is 2. The van der Waals surface area contributed by atoms with Crippen LogP contribution in [0.3, 0.4) is 0 Å². The maximum absolute atomic E-state index is 11.2. The van der Waals surface area contributed by atoms with Gasteiger partial charge in [-0.25, -0.2) is 4.98 Å². The lowest BCUT2D eigenvalue weighted by atomic mass is 9.93. The molecule has 24 heavy (non-hydrogen) atoms. The average molecular weight is 318 g/mol. The van der Waals surface area contributed by atoms with Gasteiger partial charge in [0.1, 0.15) is 5.82 Å². The van der Waals surface area contributed by atoms with Crippen molar-refractivity contribution in [2.75, 3.05) is 5.73 Å². The van der Waals surface area contributed by atoms with Gasteiger partial charge in [-0.1, -0.05) is 24.3 Å². The minimum absolute atomic E-state index is 0.296. The zero-order valence-electron chi connectivity index (χ0n) is 13.1. The van der Waals surface area contributed by atoms with E-state index in [1.165, 1.54) is 0 Å². The predicted molar refractivity (Wildman–Crippen MR) is 94.8 cm³/mol. The minimum Gasteiger partial charge on any atom is -0.384 e. The Hall–Kier alpha value is -3.21. The standard InChI is InChI=1S/C19H18N4O/c20-18-11-15(7-9-23-18)17-5-3-13(16-2-1-8-22-12-16)10-14(17)4-6-19(21)24/h1-3,5,7-12H,4,6H2,(H2,20,23)(H2,21,24). The number of anilines is 1. The van der Waals surface area contributed by atoms with Crippen molar-refractivity contribution in [3.63, 3.8) is 0 Å². The van der Waals surface area contributed by atoms with Crippen molar-refractivity contribution in [3.05, 3.63) is 66.6 Å². The molecule has 3 rings (SSSR count). The van der Waals surface area contributed by atoms with E-state index in [2.05, 4.69) is 16.0 Å². The first-order valence-corrected chi connectivity index (χ1v) is 7.67. The molecular weight excluding hydrogens is 300 g/mol. The predicted octanol–water partition coefficient (Wildman–Crippen LogP) is 2.81. The molecule has 0 atom stereocenters. The largest absolute Gasteiger partial charge is 0.384 e. The maximum Gasteiger partial charge on any atom is 0.217 e. The summed E-state index contributed by atoms with van der Waals surface area (Å²) in [5.41, 5.74) is 16.2. The van der Waals surface area contributed by atoms with Crippen LogP contribution in [0.4, 0.5) is 5.82 Å². The van der Waals surface area contributed by atoms with E-state index >= 15 is 0 Å². The number of pyridine rings is 2. The normalized spacial score (nSPS) is 10.5. The van der Waals surface area contributed by atoms with Crippen LogP contribution < -0.4 is 11.5 Å². The molecule has 0 bridgehead atoms. The van der Waals surface area contributed by atoms with Crippen LogP contribution in [0.1, 0.15) is 12.0 Å². The first kappa shape index (κ1) is 15.7. The van der Waals surface area contributed by atoms with E-state index < -0.39 is 0 Å².